The van der Waals surface area contributed by atoms with Crippen LogP contribution in [0.15, 0.2) is 42.5 Å². The molecule has 2 aromatic carbocycles. The van der Waals surface area contributed by atoms with Crippen LogP contribution in [0.25, 0.3) is 0 Å². The molecule has 0 unspecified atom stereocenters. The third kappa shape index (κ3) is 8.50. The third-order valence-corrected chi connectivity index (χ3v) is 6.80. The summed E-state index contributed by atoms with van der Waals surface area (Å²) >= 11 is 6.30. The molecule has 8 nitrogen and oxygen atoms in total. The number of nitrogens with two attached hydrogens (primary N) is 1. The SMILES string of the molecule is N#Cc1cccc(N2C[C@H](NC(=O)[C@H](CCC(F)(F)F)[C@H](CCC(F)(F)F)C(N)=O)C(=O)Nc3c(Cl)cccc32)c1. The van der Waals surface area contributed by atoms with Crippen LogP contribution < -0.4 is 21.3 Å². The van der Waals surface area contributed by atoms with Gasteiger partial charge < -0.3 is 21.3 Å². The number of anilines is 3. The number of amides is 3. The monoisotopic (exact) mass is 603 g/mol. The highest BCUT2D eigenvalue weighted by molar-refractivity contribution is 6.34. The Morgan fingerprint density at radius 1 is 1.07 bits per heavy atom. The number of carbonyl (C=O) groups excluding carboxylic acids is 3. The zero-order valence-corrected chi connectivity index (χ0v) is 21.9. The molecule has 4 N–H and O–H groups in total. The fraction of sp³-hybridized carbons (Fsp3) is 0.385. The van der Waals surface area contributed by atoms with Crippen LogP contribution >= 0.6 is 11.6 Å². The van der Waals surface area contributed by atoms with Crippen LogP contribution in [0, 0.1) is 23.2 Å². The molecular weight excluding hydrogens is 580 g/mol. The van der Waals surface area contributed by atoms with E-state index in [-0.39, 0.29) is 22.8 Å². The van der Waals surface area contributed by atoms with Crippen molar-refractivity contribution >= 4 is 46.4 Å². The van der Waals surface area contributed by atoms with Crippen molar-refractivity contribution in [3.8, 4) is 6.07 Å². The normalized spacial score (nSPS) is 17.0. The van der Waals surface area contributed by atoms with E-state index >= 15 is 0 Å². The summed E-state index contributed by atoms with van der Waals surface area (Å²) in [5.41, 5.74) is 6.41. The summed E-state index contributed by atoms with van der Waals surface area (Å²) in [5, 5.41) is 14.3. The Labute approximate surface area is 235 Å². The van der Waals surface area contributed by atoms with Crippen LogP contribution in [0.1, 0.15) is 31.2 Å². The molecule has 0 fully saturated rings. The summed E-state index contributed by atoms with van der Waals surface area (Å²) in [4.78, 5) is 40.1. The number of rotatable bonds is 9. The van der Waals surface area contributed by atoms with Crippen molar-refractivity contribution in [2.24, 2.45) is 17.6 Å². The van der Waals surface area contributed by atoms with Crippen molar-refractivity contribution in [1.29, 1.82) is 5.26 Å². The van der Waals surface area contributed by atoms with E-state index < -0.39 is 73.6 Å². The first kappa shape index (κ1) is 31.5. The van der Waals surface area contributed by atoms with Crippen LogP contribution in [0.2, 0.25) is 5.02 Å². The Morgan fingerprint density at radius 3 is 2.27 bits per heavy atom. The van der Waals surface area contributed by atoms with Gasteiger partial charge in [-0.05, 0) is 43.2 Å². The van der Waals surface area contributed by atoms with Crippen LogP contribution in [0.4, 0.5) is 43.4 Å². The summed E-state index contributed by atoms with van der Waals surface area (Å²) in [6, 6.07) is 11.4. The van der Waals surface area contributed by atoms with Crippen molar-refractivity contribution in [2.75, 3.05) is 16.8 Å². The molecular formula is C26H24ClF6N5O3. The lowest BCUT2D eigenvalue weighted by atomic mass is 9.83. The van der Waals surface area contributed by atoms with Gasteiger partial charge in [-0.1, -0.05) is 23.7 Å². The largest absolute Gasteiger partial charge is 0.389 e. The Morgan fingerprint density at radius 2 is 1.68 bits per heavy atom. The number of carbonyl (C=O) groups is 3. The van der Waals surface area contributed by atoms with Crippen molar-refractivity contribution in [3.05, 3.63) is 53.1 Å². The van der Waals surface area contributed by atoms with E-state index in [1.807, 2.05) is 6.07 Å². The number of primary amides is 1. The first-order valence-electron chi connectivity index (χ1n) is 12.2. The summed E-state index contributed by atoms with van der Waals surface area (Å²) in [5.74, 6) is -7.25. The van der Waals surface area contributed by atoms with Crippen molar-refractivity contribution in [2.45, 2.75) is 44.1 Å². The number of benzene rings is 2. The second-order valence-electron chi connectivity index (χ2n) is 9.38. The molecule has 0 spiro atoms. The minimum absolute atomic E-state index is 0.119. The molecule has 1 heterocycles. The molecule has 0 saturated carbocycles. The number of nitrogens with zero attached hydrogens (tertiary/aromatic N) is 2. The number of fused-ring (bicyclic) bond motifs is 1. The molecule has 15 heteroatoms. The maximum atomic E-state index is 13.3. The highest BCUT2D eigenvalue weighted by atomic mass is 35.5. The molecule has 3 rings (SSSR count). The second kappa shape index (κ2) is 12.7. The lowest BCUT2D eigenvalue weighted by Crippen LogP contribution is -2.52. The molecule has 0 bridgehead atoms. The van der Waals surface area contributed by atoms with Gasteiger partial charge in [0.1, 0.15) is 6.04 Å². The van der Waals surface area contributed by atoms with E-state index in [0.29, 0.717) is 11.4 Å². The number of nitrogens with one attached hydrogen (secondary N) is 2. The van der Waals surface area contributed by atoms with Crippen LogP contribution in [0.3, 0.4) is 0 Å². The van der Waals surface area contributed by atoms with Crippen molar-refractivity contribution in [1.82, 2.24) is 5.32 Å². The fourth-order valence-corrected chi connectivity index (χ4v) is 4.73. The van der Waals surface area contributed by atoms with Crippen molar-refractivity contribution in [3.63, 3.8) is 0 Å². The number of halogens is 7. The molecule has 2 aromatic rings. The van der Waals surface area contributed by atoms with Gasteiger partial charge in [0.2, 0.25) is 17.7 Å². The minimum atomic E-state index is -4.79. The van der Waals surface area contributed by atoms with Crippen LogP contribution in [-0.4, -0.2) is 42.7 Å². The number of alkyl halides is 6. The molecule has 0 radical (unpaired) electrons. The van der Waals surface area contributed by atoms with Gasteiger partial charge in [0.05, 0.1) is 34.6 Å². The average molecular weight is 604 g/mol. The quantitative estimate of drug-likeness (QED) is 0.340. The lowest BCUT2D eigenvalue weighted by Gasteiger charge is -2.29. The molecule has 0 aromatic heterocycles. The van der Waals surface area contributed by atoms with Gasteiger partial charge in [-0.2, -0.15) is 31.6 Å². The van der Waals surface area contributed by atoms with Gasteiger partial charge >= 0.3 is 12.4 Å². The van der Waals surface area contributed by atoms with E-state index in [0.717, 1.165) is 0 Å². The number of para-hydroxylation sites is 1. The van der Waals surface area contributed by atoms with E-state index in [1.165, 1.54) is 23.1 Å². The molecule has 3 amide bonds. The molecule has 1 aliphatic heterocycles. The maximum absolute atomic E-state index is 13.3. The Bertz CT molecular complexity index is 1340. The minimum Gasteiger partial charge on any atom is -0.369 e. The molecule has 220 valence electrons. The predicted molar refractivity (Wildman–Crippen MR) is 137 cm³/mol. The highest BCUT2D eigenvalue weighted by Crippen LogP contribution is 2.39. The predicted octanol–water partition coefficient (Wildman–Crippen LogP) is 5.19. The Kier molecular flexibility index (Phi) is 9.75. The first-order valence-corrected chi connectivity index (χ1v) is 12.6. The molecule has 0 aliphatic carbocycles. The van der Waals surface area contributed by atoms with E-state index in [1.54, 1.807) is 24.3 Å². The smallest absolute Gasteiger partial charge is 0.369 e. The van der Waals surface area contributed by atoms with Crippen LogP contribution in [-0.2, 0) is 14.4 Å². The molecule has 41 heavy (non-hydrogen) atoms. The average Bonchev–Trinajstić information content (AvgIpc) is 3.01. The number of nitriles is 1. The number of hydrogen-bond acceptors (Lipinski definition) is 5. The fourth-order valence-electron chi connectivity index (χ4n) is 4.51. The Hall–Kier alpha value is -3.99. The standard InChI is InChI=1S/C26H24ClF6N5O3/c27-18-5-2-6-20-21(18)37-24(41)19(13-38(20)15-4-1-3-14(11-15)12-34)36-23(40)17(8-10-26(31,32)33)16(22(35)39)7-9-25(28,29)30/h1-6,11,16-17,19H,7-10,13H2,(H2,35,39)(H,36,40)(H,37,41)/t16-,17+,19-/m0/s1. The van der Waals surface area contributed by atoms with Gasteiger partial charge in [0.25, 0.3) is 0 Å². The van der Waals surface area contributed by atoms with E-state index in [2.05, 4.69) is 10.6 Å². The first-order chi connectivity index (χ1) is 19.1. The van der Waals surface area contributed by atoms with E-state index in [9.17, 15) is 46.0 Å². The summed E-state index contributed by atoms with van der Waals surface area (Å²) in [6.07, 6.45) is -14.7. The van der Waals surface area contributed by atoms with Gasteiger partial charge in [-0.15, -0.1) is 0 Å². The van der Waals surface area contributed by atoms with Crippen molar-refractivity contribution < 1.29 is 40.7 Å². The van der Waals surface area contributed by atoms with Gasteiger partial charge in [-0.3, -0.25) is 14.4 Å². The third-order valence-electron chi connectivity index (χ3n) is 6.48. The zero-order valence-electron chi connectivity index (χ0n) is 21.2. The van der Waals surface area contributed by atoms with E-state index in [4.69, 9.17) is 17.3 Å². The summed E-state index contributed by atoms with van der Waals surface area (Å²) in [7, 11) is 0. The number of hydrogen-bond donors (Lipinski definition) is 3. The lowest BCUT2D eigenvalue weighted by molar-refractivity contribution is -0.152. The molecule has 0 saturated heterocycles. The summed E-state index contributed by atoms with van der Waals surface area (Å²) in [6.45, 7) is -0.310. The topological polar surface area (TPSA) is 128 Å². The zero-order chi connectivity index (χ0) is 30.5. The van der Waals surface area contributed by atoms with Gasteiger partial charge in [-0.25, -0.2) is 0 Å². The molecule has 3 atom stereocenters. The Balaban J connectivity index is 1.98. The highest BCUT2D eigenvalue weighted by Gasteiger charge is 2.41. The van der Waals surface area contributed by atoms with Gasteiger partial charge in [0.15, 0.2) is 0 Å². The second-order valence-corrected chi connectivity index (χ2v) is 9.79. The van der Waals surface area contributed by atoms with Gasteiger partial charge in [0, 0.05) is 30.4 Å². The van der Waals surface area contributed by atoms with Crippen LogP contribution in [0.5, 0.6) is 0 Å². The summed E-state index contributed by atoms with van der Waals surface area (Å²) < 4.78 is 77.8. The molecule has 1 aliphatic rings. The maximum Gasteiger partial charge on any atom is 0.389 e.